The van der Waals surface area contributed by atoms with E-state index in [1.165, 1.54) is 4.31 Å². The van der Waals surface area contributed by atoms with Crippen molar-refractivity contribution in [2.24, 2.45) is 0 Å². The van der Waals surface area contributed by atoms with Crippen LogP contribution in [0.4, 0.5) is 0 Å². The van der Waals surface area contributed by atoms with Crippen molar-refractivity contribution < 1.29 is 23.0 Å². The zero-order valence-corrected chi connectivity index (χ0v) is 17.8. The number of ether oxygens (including phenoxy) is 2. The highest BCUT2D eigenvalue weighted by Crippen LogP contribution is 2.22. The molecule has 2 rings (SSSR count). The predicted molar refractivity (Wildman–Crippen MR) is 114 cm³/mol. The number of benzene rings is 2. The molecule has 6 nitrogen and oxygen atoms in total. The van der Waals surface area contributed by atoms with E-state index in [-0.39, 0.29) is 13.1 Å². The van der Waals surface area contributed by atoms with Crippen LogP contribution < -0.4 is 9.47 Å². The molecule has 1 N–H and O–H groups in total. The van der Waals surface area contributed by atoms with Crippen LogP contribution in [0.25, 0.3) is 0 Å². The fraction of sp³-hybridized carbons (Fsp3) is 0.364. The SMILES string of the molecule is C=CCC[C@H](CO)S(=O)(=O)N(Cc1ccc(OC)cc1)Cc1ccc(OC)cc1. The normalized spacial score (nSPS) is 12.6. The lowest BCUT2D eigenvalue weighted by Crippen LogP contribution is -2.39. The lowest BCUT2D eigenvalue weighted by atomic mass is 10.2. The molecule has 0 unspecified atom stereocenters. The van der Waals surface area contributed by atoms with Gasteiger partial charge in [0.1, 0.15) is 11.5 Å². The van der Waals surface area contributed by atoms with Crippen molar-refractivity contribution in [3.63, 3.8) is 0 Å². The molecular weight excluding hydrogens is 390 g/mol. The van der Waals surface area contributed by atoms with E-state index in [9.17, 15) is 13.5 Å². The summed E-state index contributed by atoms with van der Waals surface area (Å²) in [7, 11) is -0.572. The van der Waals surface area contributed by atoms with Crippen LogP contribution in [0.2, 0.25) is 0 Å². The Balaban J connectivity index is 2.32. The van der Waals surface area contributed by atoms with Gasteiger partial charge in [-0.3, -0.25) is 0 Å². The molecule has 158 valence electrons. The Morgan fingerprint density at radius 3 is 1.76 bits per heavy atom. The maximum atomic E-state index is 13.3. The second-order valence-electron chi connectivity index (χ2n) is 6.68. The number of aliphatic hydroxyl groups excluding tert-OH is 1. The lowest BCUT2D eigenvalue weighted by Gasteiger charge is -2.27. The van der Waals surface area contributed by atoms with Crippen molar-refractivity contribution in [2.75, 3.05) is 20.8 Å². The number of allylic oxidation sites excluding steroid dienone is 1. The summed E-state index contributed by atoms with van der Waals surface area (Å²) in [5.74, 6) is 1.41. The third-order valence-electron chi connectivity index (χ3n) is 4.71. The fourth-order valence-corrected chi connectivity index (χ4v) is 4.66. The maximum absolute atomic E-state index is 13.3. The molecule has 2 aromatic carbocycles. The van der Waals surface area contributed by atoms with Gasteiger partial charge in [-0.1, -0.05) is 30.3 Å². The molecule has 0 aromatic heterocycles. The van der Waals surface area contributed by atoms with Gasteiger partial charge in [-0.15, -0.1) is 6.58 Å². The summed E-state index contributed by atoms with van der Waals surface area (Å²) in [5, 5.41) is 8.85. The number of hydrogen-bond acceptors (Lipinski definition) is 5. The number of methoxy groups -OCH3 is 2. The largest absolute Gasteiger partial charge is 0.497 e. The van der Waals surface area contributed by atoms with E-state index in [0.29, 0.717) is 24.3 Å². The molecule has 7 heteroatoms. The minimum atomic E-state index is -3.74. The molecule has 0 fully saturated rings. The van der Waals surface area contributed by atoms with E-state index < -0.39 is 21.9 Å². The van der Waals surface area contributed by atoms with Gasteiger partial charge < -0.3 is 14.6 Å². The molecule has 0 amide bonds. The van der Waals surface area contributed by atoms with Gasteiger partial charge in [0.15, 0.2) is 0 Å². The first kappa shape index (κ1) is 22.9. The first-order valence-electron chi connectivity index (χ1n) is 9.41. The third-order valence-corrected chi connectivity index (χ3v) is 6.92. The Kier molecular flexibility index (Phi) is 8.70. The van der Waals surface area contributed by atoms with E-state index in [0.717, 1.165) is 11.1 Å². The zero-order valence-electron chi connectivity index (χ0n) is 17.0. The second-order valence-corrected chi connectivity index (χ2v) is 8.89. The fourth-order valence-electron chi connectivity index (χ4n) is 2.95. The highest BCUT2D eigenvalue weighted by molar-refractivity contribution is 7.89. The van der Waals surface area contributed by atoms with Crippen LogP contribution in [0.15, 0.2) is 61.2 Å². The van der Waals surface area contributed by atoms with Gasteiger partial charge in [0.05, 0.1) is 26.1 Å². The second kappa shape index (κ2) is 11.0. The molecule has 29 heavy (non-hydrogen) atoms. The molecule has 2 aromatic rings. The Morgan fingerprint density at radius 2 is 1.41 bits per heavy atom. The number of hydrogen-bond donors (Lipinski definition) is 1. The first-order valence-corrected chi connectivity index (χ1v) is 10.9. The van der Waals surface area contributed by atoms with E-state index in [1.54, 1.807) is 44.6 Å². The minimum absolute atomic E-state index is 0.197. The summed E-state index contributed by atoms with van der Waals surface area (Å²) < 4.78 is 38.4. The standard InChI is InChI=1S/C22H29NO5S/c1-4-5-6-22(17-24)29(25,26)23(15-18-7-11-20(27-2)12-8-18)16-19-9-13-21(28-3)14-10-19/h4,7-14,22,24H,1,5-6,15-17H2,2-3H3/t22-/m1/s1. The Hall–Kier alpha value is -2.35. The highest BCUT2D eigenvalue weighted by atomic mass is 32.2. The first-order chi connectivity index (χ1) is 13.9. The van der Waals surface area contributed by atoms with Gasteiger partial charge in [0, 0.05) is 13.1 Å². The zero-order chi connectivity index (χ0) is 21.3. The van der Waals surface area contributed by atoms with Crippen LogP contribution in [-0.2, 0) is 23.1 Å². The van der Waals surface area contributed by atoms with Crippen molar-refractivity contribution in [2.45, 2.75) is 31.2 Å². The molecule has 0 aliphatic carbocycles. The number of nitrogens with zero attached hydrogens (tertiary/aromatic N) is 1. The number of aliphatic hydroxyl groups is 1. The number of sulfonamides is 1. The average molecular weight is 420 g/mol. The lowest BCUT2D eigenvalue weighted by molar-refractivity contribution is 0.277. The molecule has 0 bridgehead atoms. The van der Waals surface area contributed by atoms with Crippen LogP contribution in [0, 0.1) is 0 Å². The molecular formula is C22H29NO5S. The van der Waals surface area contributed by atoms with E-state index in [4.69, 9.17) is 9.47 Å². The van der Waals surface area contributed by atoms with Crippen LogP contribution in [0.1, 0.15) is 24.0 Å². The van der Waals surface area contributed by atoms with E-state index in [1.807, 2.05) is 24.3 Å². The summed E-state index contributed by atoms with van der Waals surface area (Å²) in [4.78, 5) is 0. The molecule has 0 aliphatic rings. The van der Waals surface area contributed by atoms with Gasteiger partial charge in [0.2, 0.25) is 10.0 Å². The van der Waals surface area contributed by atoms with Crippen LogP contribution >= 0.6 is 0 Å². The van der Waals surface area contributed by atoms with E-state index in [2.05, 4.69) is 6.58 Å². The van der Waals surface area contributed by atoms with Crippen LogP contribution in [0.3, 0.4) is 0 Å². The molecule has 0 saturated heterocycles. The highest BCUT2D eigenvalue weighted by Gasteiger charge is 2.31. The Morgan fingerprint density at radius 1 is 0.966 bits per heavy atom. The average Bonchev–Trinajstić information content (AvgIpc) is 2.74. The number of rotatable bonds is 12. The van der Waals surface area contributed by atoms with Gasteiger partial charge >= 0.3 is 0 Å². The summed E-state index contributed by atoms with van der Waals surface area (Å²) in [5.41, 5.74) is 1.67. The molecule has 0 spiro atoms. The van der Waals surface area contributed by atoms with E-state index >= 15 is 0 Å². The molecule has 0 saturated carbocycles. The van der Waals surface area contributed by atoms with Crippen LogP contribution in [-0.4, -0.2) is 43.9 Å². The van der Waals surface area contributed by atoms with Crippen molar-refractivity contribution in [1.29, 1.82) is 0 Å². The van der Waals surface area contributed by atoms with Gasteiger partial charge in [-0.2, -0.15) is 4.31 Å². The monoisotopic (exact) mass is 419 g/mol. The van der Waals surface area contributed by atoms with Crippen molar-refractivity contribution in [3.05, 3.63) is 72.3 Å². The van der Waals surface area contributed by atoms with Crippen molar-refractivity contribution in [3.8, 4) is 11.5 Å². The Bertz CT molecular complexity index is 814. The topological polar surface area (TPSA) is 76.1 Å². The van der Waals surface area contributed by atoms with Gasteiger partial charge in [-0.25, -0.2) is 8.42 Å². The van der Waals surface area contributed by atoms with Gasteiger partial charge in [-0.05, 0) is 48.2 Å². The third kappa shape index (κ3) is 6.32. The van der Waals surface area contributed by atoms with Crippen LogP contribution in [0.5, 0.6) is 11.5 Å². The molecule has 0 aliphatic heterocycles. The molecule has 0 heterocycles. The quantitative estimate of drug-likeness (QED) is 0.534. The predicted octanol–water partition coefficient (Wildman–Crippen LogP) is 3.36. The Labute approximate surface area is 173 Å². The summed E-state index contributed by atoms with van der Waals surface area (Å²) in [6.07, 6.45) is 2.50. The van der Waals surface area contributed by atoms with Crippen molar-refractivity contribution in [1.82, 2.24) is 4.31 Å². The summed E-state index contributed by atoms with van der Waals surface area (Å²) >= 11 is 0. The van der Waals surface area contributed by atoms with Gasteiger partial charge in [0.25, 0.3) is 0 Å². The molecule has 0 radical (unpaired) electrons. The smallest absolute Gasteiger partial charge is 0.219 e. The summed E-state index contributed by atoms with van der Waals surface area (Å²) in [6.45, 7) is 3.61. The maximum Gasteiger partial charge on any atom is 0.219 e. The molecule has 1 atom stereocenters. The summed E-state index contributed by atoms with van der Waals surface area (Å²) in [6, 6.07) is 14.6. The van der Waals surface area contributed by atoms with Crippen molar-refractivity contribution >= 4 is 10.0 Å². The minimum Gasteiger partial charge on any atom is -0.497 e.